The van der Waals surface area contributed by atoms with Crippen molar-refractivity contribution in [3.63, 3.8) is 0 Å². The highest BCUT2D eigenvalue weighted by atomic mass is 16.3. The van der Waals surface area contributed by atoms with Crippen molar-refractivity contribution in [2.75, 3.05) is 0 Å². The summed E-state index contributed by atoms with van der Waals surface area (Å²) in [5, 5.41) is 19.6. The number of Topliss-reactive ketones (excluding diaryl/α,β-unsaturated/α-hetero) is 2. The molecule has 5 heteroatoms. The molecule has 1 aromatic rings. The van der Waals surface area contributed by atoms with Gasteiger partial charge in [0.25, 0.3) is 0 Å². The predicted molar refractivity (Wildman–Crippen MR) is 73.8 cm³/mol. The van der Waals surface area contributed by atoms with E-state index in [1.54, 1.807) is 0 Å². The van der Waals surface area contributed by atoms with Crippen LogP contribution in [0.2, 0.25) is 0 Å². The molecule has 0 aromatic heterocycles. The number of carbonyl (C=O) groups excluding carboxylic acids is 3. The normalized spacial score (nSPS) is 11.2. The van der Waals surface area contributed by atoms with Crippen LogP contribution in [0.1, 0.15) is 42.3 Å². The van der Waals surface area contributed by atoms with E-state index in [2.05, 4.69) is 0 Å². The number of phenols is 1. The van der Waals surface area contributed by atoms with Gasteiger partial charge in [0.2, 0.25) is 0 Å². The van der Waals surface area contributed by atoms with E-state index in [1.807, 2.05) is 0 Å². The van der Waals surface area contributed by atoms with Gasteiger partial charge in [0.05, 0.1) is 5.56 Å². The molecule has 0 spiro atoms. The van der Waals surface area contributed by atoms with E-state index < -0.39 is 5.76 Å². The van der Waals surface area contributed by atoms with Crippen molar-refractivity contribution in [3.8, 4) is 5.75 Å². The van der Waals surface area contributed by atoms with E-state index in [9.17, 15) is 24.6 Å². The maximum Gasteiger partial charge on any atom is 0.160 e. The Labute approximate surface area is 116 Å². The summed E-state index contributed by atoms with van der Waals surface area (Å²) in [5.41, 5.74) is 0.607. The van der Waals surface area contributed by atoms with Crippen LogP contribution in [0.15, 0.2) is 18.2 Å². The second-order valence-electron chi connectivity index (χ2n) is 4.60. The van der Waals surface area contributed by atoms with Gasteiger partial charge in [-0.05, 0) is 38.5 Å². The first kappa shape index (κ1) is 15.6. The average Bonchev–Trinajstić information content (AvgIpc) is 2.26. The molecule has 0 fully saturated rings. The molecular formula is C15H16O5. The minimum Gasteiger partial charge on any atom is -0.507 e. The molecule has 0 saturated heterocycles. The summed E-state index contributed by atoms with van der Waals surface area (Å²) in [6.07, 6.45) is 0.962. The zero-order valence-electron chi connectivity index (χ0n) is 11.6. The number of hydrogen-bond donors (Lipinski definition) is 2. The summed E-state index contributed by atoms with van der Waals surface area (Å²) >= 11 is 0. The smallest absolute Gasteiger partial charge is 0.160 e. The standard InChI is InChI=1S/C15H16O5/c1-8(16)4-11-6-15(20)13(7-12(11)10(3)18)14(19)5-9(2)17/h5-7,19-20H,4H2,1-3H3/b14-5-. The lowest BCUT2D eigenvalue weighted by molar-refractivity contribution is -0.116. The third-order valence-corrected chi connectivity index (χ3v) is 2.66. The van der Waals surface area contributed by atoms with Crippen LogP contribution in [0.3, 0.4) is 0 Å². The van der Waals surface area contributed by atoms with E-state index in [4.69, 9.17) is 0 Å². The molecule has 0 saturated carbocycles. The van der Waals surface area contributed by atoms with Crippen LogP contribution in [0.25, 0.3) is 5.76 Å². The first-order valence-electron chi connectivity index (χ1n) is 6.00. The van der Waals surface area contributed by atoms with Gasteiger partial charge in [-0.1, -0.05) is 0 Å². The van der Waals surface area contributed by atoms with Crippen molar-refractivity contribution in [2.45, 2.75) is 27.2 Å². The third-order valence-electron chi connectivity index (χ3n) is 2.66. The van der Waals surface area contributed by atoms with Gasteiger partial charge in [-0.2, -0.15) is 0 Å². The topological polar surface area (TPSA) is 91.7 Å². The van der Waals surface area contributed by atoms with Crippen LogP contribution in [0.5, 0.6) is 5.75 Å². The first-order valence-corrected chi connectivity index (χ1v) is 6.00. The van der Waals surface area contributed by atoms with Crippen LogP contribution >= 0.6 is 0 Å². The number of aromatic hydroxyl groups is 1. The molecule has 5 nitrogen and oxygen atoms in total. The molecule has 20 heavy (non-hydrogen) atoms. The van der Waals surface area contributed by atoms with E-state index in [0.29, 0.717) is 5.56 Å². The zero-order chi connectivity index (χ0) is 15.4. The monoisotopic (exact) mass is 276 g/mol. The number of carbonyl (C=O) groups is 3. The van der Waals surface area contributed by atoms with Gasteiger partial charge < -0.3 is 10.2 Å². The molecule has 0 bridgehead atoms. The highest BCUT2D eigenvalue weighted by Gasteiger charge is 2.16. The van der Waals surface area contributed by atoms with Crippen LogP contribution < -0.4 is 0 Å². The molecule has 2 N–H and O–H groups in total. The molecule has 106 valence electrons. The SMILES string of the molecule is CC(=O)/C=C(\O)c1cc(C(C)=O)c(CC(C)=O)cc1O. The minimum atomic E-state index is -0.424. The molecule has 0 radical (unpaired) electrons. The molecule has 0 atom stereocenters. The number of hydrogen-bond acceptors (Lipinski definition) is 5. The number of phenolic OH excluding ortho intramolecular Hbond substituents is 1. The summed E-state index contributed by atoms with van der Waals surface area (Å²) in [7, 11) is 0. The summed E-state index contributed by atoms with van der Waals surface area (Å²) in [4.78, 5) is 33.7. The fourth-order valence-electron chi connectivity index (χ4n) is 1.85. The highest BCUT2D eigenvalue weighted by molar-refractivity contribution is 5.99. The van der Waals surface area contributed by atoms with Gasteiger partial charge in [-0.25, -0.2) is 0 Å². The number of aliphatic hydroxyl groups excluding tert-OH is 1. The van der Waals surface area contributed by atoms with Crippen LogP contribution in [0, 0.1) is 0 Å². The Morgan fingerprint density at radius 3 is 2.15 bits per heavy atom. The van der Waals surface area contributed by atoms with Gasteiger partial charge in [-0.15, -0.1) is 0 Å². The summed E-state index contributed by atoms with van der Waals surface area (Å²) in [5.74, 6) is -1.55. The maximum absolute atomic E-state index is 11.6. The van der Waals surface area contributed by atoms with E-state index in [1.165, 1.54) is 32.9 Å². The first-order chi connectivity index (χ1) is 9.22. The van der Waals surface area contributed by atoms with Gasteiger partial charge in [-0.3, -0.25) is 14.4 Å². The van der Waals surface area contributed by atoms with Crippen LogP contribution in [0.4, 0.5) is 0 Å². The van der Waals surface area contributed by atoms with Crippen molar-refractivity contribution < 1.29 is 24.6 Å². The summed E-state index contributed by atoms with van der Waals surface area (Å²) in [6, 6.07) is 2.54. The van der Waals surface area contributed by atoms with Gasteiger partial charge in [0.1, 0.15) is 17.3 Å². The maximum atomic E-state index is 11.6. The number of rotatable bonds is 5. The number of benzene rings is 1. The van der Waals surface area contributed by atoms with E-state index in [-0.39, 0.29) is 40.6 Å². The van der Waals surface area contributed by atoms with Crippen molar-refractivity contribution in [2.24, 2.45) is 0 Å². The van der Waals surface area contributed by atoms with Gasteiger partial charge in [0.15, 0.2) is 11.6 Å². The quantitative estimate of drug-likeness (QED) is 0.488. The molecule has 0 aliphatic rings. The Morgan fingerprint density at radius 2 is 1.70 bits per heavy atom. The van der Waals surface area contributed by atoms with Gasteiger partial charge >= 0.3 is 0 Å². The molecule has 1 rings (SSSR count). The Bertz CT molecular complexity index is 611. The molecule has 0 aliphatic heterocycles. The van der Waals surface area contributed by atoms with Crippen LogP contribution in [-0.2, 0) is 16.0 Å². The lowest BCUT2D eigenvalue weighted by atomic mass is 9.96. The number of aliphatic hydroxyl groups is 1. The Morgan fingerprint density at radius 1 is 1.10 bits per heavy atom. The van der Waals surface area contributed by atoms with Gasteiger partial charge in [0, 0.05) is 18.1 Å². The second-order valence-corrected chi connectivity index (χ2v) is 4.60. The zero-order valence-corrected chi connectivity index (χ0v) is 11.6. The average molecular weight is 276 g/mol. The fourth-order valence-corrected chi connectivity index (χ4v) is 1.85. The van der Waals surface area contributed by atoms with Crippen molar-refractivity contribution in [1.82, 2.24) is 0 Å². The highest BCUT2D eigenvalue weighted by Crippen LogP contribution is 2.28. The molecule has 0 unspecified atom stereocenters. The Hall–Kier alpha value is -2.43. The predicted octanol–water partition coefficient (Wildman–Crippen LogP) is 2.21. The molecule has 0 aliphatic carbocycles. The van der Waals surface area contributed by atoms with E-state index >= 15 is 0 Å². The second kappa shape index (κ2) is 6.14. The van der Waals surface area contributed by atoms with Crippen molar-refractivity contribution in [1.29, 1.82) is 0 Å². The molecule has 1 aromatic carbocycles. The van der Waals surface area contributed by atoms with Crippen LogP contribution in [-0.4, -0.2) is 27.6 Å². The summed E-state index contributed by atoms with van der Waals surface area (Å²) in [6.45, 7) is 3.96. The molecular weight excluding hydrogens is 260 g/mol. The van der Waals surface area contributed by atoms with Crippen molar-refractivity contribution >= 4 is 23.1 Å². The largest absolute Gasteiger partial charge is 0.507 e. The molecule has 0 amide bonds. The third kappa shape index (κ3) is 3.78. The van der Waals surface area contributed by atoms with Crippen molar-refractivity contribution in [3.05, 3.63) is 34.9 Å². The number of ketones is 3. The Balaban J connectivity index is 3.44. The Kier molecular flexibility index (Phi) is 4.80. The number of allylic oxidation sites excluding steroid dienone is 1. The lowest BCUT2D eigenvalue weighted by Gasteiger charge is -2.10. The fraction of sp³-hybridized carbons (Fsp3) is 0.267. The lowest BCUT2D eigenvalue weighted by Crippen LogP contribution is -2.06. The minimum absolute atomic E-state index is 0.0138. The van der Waals surface area contributed by atoms with E-state index in [0.717, 1.165) is 6.08 Å². The summed E-state index contributed by atoms with van der Waals surface area (Å²) < 4.78 is 0. The molecule has 0 heterocycles.